The van der Waals surface area contributed by atoms with Crippen LogP contribution in [-0.2, 0) is 14.3 Å². The van der Waals surface area contributed by atoms with E-state index in [2.05, 4.69) is 5.32 Å². The molecule has 0 unspecified atom stereocenters. The van der Waals surface area contributed by atoms with Crippen LogP contribution in [0.5, 0.6) is 17.2 Å². The zero-order valence-electron chi connectivity index (χ0n) is 14.6. The van der Waals surface area contributed by atoms with Gasteiger partial charge in [-0.1, -0.05) is 18.2 Å². The maximum atomic E-state index is 12.3. The van der Waals surface area contributed by atoms with E-state index in [0.29, 0.717) is 28.5 Å². The molecule has 0 bridgehead atoms. The molecule has 7 heteroatoms. The maximum Gasteiger partial charge on any atom is 0.338 e. The minimum atomic E-state index is -0.971. The van der Waals surface area contributed by atoms with Gasteiger partial charge in [-0.2, -0.15) is 0 Å². The quantitative estimate of drug-likeness (QED) is 0.837. The van der Waals surface area contributed by atoms with Gasteiger partial charge < -0.3 is 24.3 Å². The van der Waals surface area contributed by atoms with Crippen molar-refractivity contribution in [2.75, 3.05) is 18.7 Å². The highest BCUT2D eigenvalue weighted by Crippen LogP contribution is 2.34. The number of ether oxygens (including phenoxy) is 4. The summed E-state index contributed by atoms with van der Waals surface area (Å²) in [5.74, 6) is 0.859. The van der Waals surface area contributed by atoms with E-state index >= 15 is 0 Å². The van der Waals surface area contributed by atoms with Crippen molar-refractivity contribution in [2.24, 2.45) is 0 Å². The van der Waals surface area contributed by atoms with Crippen molar-refractivity contribution in [3.05, 3.63) is 53.6 Å². The predicted molar refractivity (Wildman–Crippen MR) is 96.7 cm³/mol. The number of fused-ring (bicyclic) bond motifs is 2. The SMILES string of the molecule is C[C@@H](OC(=O)C1=Cc2ccccc2OC1)C(=O)Nc1ccc2c(c1)OCO2. The molecule has 2 aliphatic rings. The molecule has 0 aliphatic carbocycles. The molecule has 2 aromatic carbocycles. The highest BCUT2D eigenvalue weighted by atomic mass is 16.7. The van der Waals surface area contributed by atoms with Gasteiger partial charge in [-0.05, 0) is 31.2 Å². The summed E-state index contributed by atoms with van der Waals surface area (Å²) in [5, 5.41) is 2.69. The van der Waals surface area contributed by atoms with Crippen LogP contribution >= 0.6 is 0 Å². The second kappa shape index (κ2) is 7.03. The third-order valence-corrected chi connectivity index (χ3v) is 4.19. The molecule has 138 valence electrons. The van der Waals surface area contributed by atoms with Crippen molar-refractivity contribution in [1.29, 1.82) is 0 Å². The summed E-state index contributed by atoms with van der Waals surface area (Å²) >= 11 is 0. The molecule has 0 fully saturated rings. The minimum Gasteiger partial charge on any atom is -0.488 e. The molecule has 0 spiro atoms. The van der Waals surface area contributed by atoms with Gasteiger partial charge in [0.2, 0.25) is 6.79 Å². The summed E-state index contributed by atoms with van der Waals surface area (Å²) < 4.78 is 21.3. The summed E-state index contributed by atoms with van der Waals surface area (Å²) in [7, 11) is 0. The lowest BCUT2D eigenvalue weighted by atomic mass is 10.1. The van der Waals surface area contributed by atoms with Crippen LogP contribution in [-0.4, -0.2) is 31.4 Å². The summed E-state index contributed by atoms with van der Waals surface area (Å²) in [4.78, 5) is 24.7. The van der Waals surface area contributed by atoms with Crippen molar-refractivity contribution in [2.45, 2.75) is 13.0 Å². The van der Waals surface area contributed by atoms with E-state index < -0.39 is 18.0 Å². The van der Waals surface area contributed by atoms with Crippen LogP contribution in [0.15, 0.2) is 48.0 Å². The first-order valence-electron chi connectivity index (χ1n) is 8.44. The molecule has 27 heavy (non-hydrogen) atoms. The number of para-hydroxylation sites is 1. The van der Waals surface area contributed by atoms with Gasteiger partial charge in [-0.25, -0.2) is 4.79 Å². The Kier molecular flexibility index (Phi) is 4.42. The molecule has 7 nitrogen and oxygen atoms in total. The Bertz CT molecular complexity index is 936. The molecule has 2 aliphatic heterocycles. The minimum absolute atomic E-state index is 0.104. The fourth-order valence-corrected chi connectivity index (χ4v) is 2.74. The largest absolute Gasteiger partial charge is 0.488 e. The third-order valence-electron chi connectivity index (χ3n) is 4.19. The van der Waals surface area contributed by atoms with Crippen LogP contribution in [0.4, 0.5) is 5.69 Å². The van der Waals surface area contributed by atoms with Gasteiger partial charge in [0.25, 0.3) is 5.91 Å². The first-order chi connectivity index (χ1) is 13.1. The van der Waals surface area contributed by atoms with E-state index in [1.54, 1.807) is 24.3 Å². The van der Waals surface area contributed by atoms with E-state index in [-0.39, 0.29) is 13.4 Å². The van der Waals surface area contributed by atoms with Crippen LogP contribution in [0.1, 0.15) is 12.5 Å². The van der Waals surface area contributed by atoms with Crippen molar-refractivity contribution in [1.82, 2.24) is 0 Å². The molecule has 1 amide bonds. The van der Waals surface area contributed by atoms with Crippen molar-refractivity contribution < 1.29 is 28.5 Å². The van der Waals surface area contributed by atoms with Gasteiger partial charge in [0.15, 0.2) is 17.6 Å². The topological polar surface area (TPSA) is 83.1 Å². The Morgan fingerprint density at radius 3 is 2.74 bits per heavy atom. The van der Waals surface area contributed by atoms with Crippen LogP contribution < -0.4 is 19.5 Å². The fourth-order valence-electron chi connectivity index (χ4n) is 2.74. The van der Waals surface area contributed by atoms with Gasteiger partial charge >= 0.3 is 5.97 Å². The van der Waals surface area contributed by atoms with Crippen LogP contribution in [0.2, 0.25) is 0 Å². The lowest BCUT2D eigenvalue weighted by molar-refractivity contribution is -0.149. The number of hydrogen-bond acceptors (Lipinski definition) is 6. The van der Waals surface area contributed by atoms with Gasteiger partial charge in [0.1, 0.15) is 12.4 Å². The second-order valence-corrected chi connectivity index (χ2v) is 6.10. The molecule has 1 N–H and O–H groups in total. The van der Waals surface area contributed by atoms with Crippen molar-refractivity contribution in [3.63, 3.8) is 0 Å². The Labute approximate surface area is 155 Å². The molecule has 4 rings (SSSR count). The number of benzene rings is 2. The molecule has 0 aromatic heterocycles. The number of nitrogens with one attached hydrogen (secondary N) is 1. The number of hydrogen-bond donors (Lipinski definition) is 1. The first kappa shape index (κ1) is 17.0. The zero-order chi connectivity index (χ0) is 18.8. The zero-order valence-corrected chi connectivity index (χ0v) is 14.6. The smallest absolute Gasteiger partial charge is 0.338 e. The summed E-state index contributed by atoms with van der Waals surface area (Å²) in [6.07, 6.45) is 0.741. The monoisotopic (exact) mass is 367 g/mol. The van der Waals surface area contributed by atoms with Crippen molar-refractivity contribution >= 4 is 23.6 Å². The van der Waals surface area contributed by atoms with Gasteiger partial charge in [-0.15, -0.1) is 0 Å². The molecule has 0 radical (unpaired) electrons. The average molecular weight is 367 g/mol. The number of anilines is 1. The summed E-state index contributed by atoms with van der Waals surface area (Å²) in [6.45, 7) is 1.77. The molecule has 2 heterocycles. The number of amides is 1. The number of esters is 1. The lowest BCUT2D eigenvalue weighted by Crippen LogP contribution is -2.31. The molecule has 1 atom stereocenters. The molecule has 0 saturated heterocycles. The number of rotatable bonds is 4. The third kappa shape index (κ3) is 3.57. The molecule has 2 aromatic rings. The average Bonchev–Trinajstić information content (AvgIpc) is 3.15. The Hall–Kier alpha value is -3.48. The van der Waals surface area contributed by atoms with E-state index in [9.17, 15) is 9.59 Å². The highest BCUT2D eigenvalue weighted by molar-refractivity contribution is 5.99. The van der Waals surface area contributed by atoms with Crippen LogP contribution in [0.25, 0.3) is 6.08 Å². The Balaban J connectivity index is 1.38. The molecular weight excluding hydrogens is 350 g/mol. The van der Waals surface area contributed by atoms with Gasteiger partial charge in [-0.3, -0.25) is 4.79 Å². The van der Waals surface area contributed by atoms with Crippen molar-refractivity contribution in [3.8, 4) is 17.2 Å². The van der Waals surface area contributed by atoms with E-state index in [1.807, 2.05) is 24.3 Å². The van der Waals surface area contributed by atoms with E-state index in [4.69, 9.17) is 18.9 Å². The lowest BCUT2D eigenvalue weighted by Gasteiger charge is -2.19. The van der Waals surface area contributed by atoms with Gasteiger partial charge in [0, 0.05) is 17.3 Å². The number of carbonyl (C=O) groups excluding carboxylic acids is 2. The second-order valence-electron chi connectivity index (χ2n) is 6.10. The Morgan fingerprint density at radius 1 is 1.04 bits per heavy atom. The number of carbonyl (C=O) groups is 2. The van der Waals surface area contributed by atoms with E-state index in [0.717, 1.165) is 5.56 Å². The maximum absolute atomic E-state index is 12.3. The summed E-state index contributed by atoms with van der Waals surface area (Å²) in [6, 6.07) is 12.4. The van der Waals surface area contributed by atoms with Crippen LogP contribution in [0, 0.1) is 0 Å². The van der Waals surface area contributed by atoms with Crippen LogP contribution in [0.3, 0.4) is 0 Å². The fraction of sp³-hybridized carbons (Fsp3) is 0.200. The first-order valence-corrected chi connectivity index (χ1v) is 8.44. The predicted octanol–water partition coefficient (Wildman–Crippen LogP) is 2.76. The van der Waals surface area contributed by atoms with Gasteiger partial charge in [0.05, 0.1) is 5.57 Å². The molecular formula is C20H17NO6. The normalized spacial score (nSPS) is 15.1. The summed E-state index contributed by atoms with van der Waals surface area (Å²) in [5.41, 5.74) is 1.69. The molecule has 0 saturated carbocycles. The standard InChI is InChI=1S/C20H17NO6/c1-12(19(22)21-15-6-7-17-18(9-15)26-11-25-17)27-20(23)14-8-13-4-2-3-5-16(13)24-10-14/h2-9,12H,10-11H2,1H3,(H,21,22)/t12-/m1/s1. The Morgan fingerprint density at radius 2 is 1.85 bits per heavy atom. The van der Waals surface area contributed by atoms with E-state index in [1.165, 1.54) is 6.92 Å². The highest BCUT2D eigenvalue weighted by Gasteiger charge is 2.24.